The summed E-state index contributed by atoms with van der Waals surface area (Å²) in [6.45, 7) is 1.89. The Morgan fingerprint density at radius 1 is 1.24 bits per heavy atom. The SMILES string of the molecule is Cc1ccc(S(=O)(=O)NC2C=CC(=O)C2)cc1. The first-order chi connectivity index (χ1) is 7.97. The molecule has 1 atom stereocenters. The number of sulfonamides is 1. The minimum atomic E-state index is -3.54. The fraction of sp³-hybridized carbons (Fsp3) is 0.250. The van der Waals surface area contributed by atoms with Crippen LogP contribution >= 0.6 is 0 Å². The highest BCUT2D eigenvalue weighted by atomic mass is 32.2. The van der Waals surface area contributed by atoms with E-state index in [0.717, 1.165) is 5.56 Å². The summed E-state index contributed by atoms with van der Waals surface area (Å²) in [5, 5.41) is 0. The van der Waals surface area contributed by atoms with Gasteiger partial charge in [-0.15, -0.1) is 0 Å². The average molecular weight is 251 g/mol. The highest BCUT2D eigenvalue weighted by Crippen LogP contribution is 2.13. The van der Waals surface area contributed by atoms with Gasteiger partial charge in [-0.3, -0.25) is 4.79 Å². The number of carbonyl (C=O) groups excluding carboxylic acids is 1. The first-order valence-electron chi connectivity index (χ1n) is 5.27. The van der Waals surface area contributed by atoms with E-state index in [9.17, 15) is 13.2 Å². The van der Waals surface area contributed by atoms with Crippen molar-refractivity contribution in [3.63, 3.8) is 0 Å². The molecule has 0 aliphatic heterocycles. The van der Waals surface area contributed by atoms with Crippen molar-refractivity contribution in [2.24, 2.45) is 0 Å². The van der Waals surface area contributed by atoms with Crippen molar-refractivity contribution in [3.8, 4) is 0 Å². The lowest BCUT2D eigenvalue weighted by Crippen LogP contribution is -2.32. The molecule has 1 aromatic carbocycles. The molecule has 1 aliphatic rings. The van der Waals surface area contributed by atoms with Crippen molar-refractivity contribution in [1.29, 1.82) is 0 Å². The molecule has 90 valence electrons. The van der Waals surface area contributed by atoms with Gasteiger partial charge in [0.1, 0.15) is 0 Å². The van der Waals surface area contributed by atoms with Crippen LogP contribution in [0.25, 0.3) is 0 Å². The molecule has 1 aromatic rings. The zero-order valence-electron chi connectivity index (χ0n) is 9.38. The summed E-state index contributed by atoms with van der Waals surface area (Å²) in [5.74, 6) is -0.0541. The third-order valence-corrected chi connectivity index (χ3v) is 4.08. The molecule has 17 heavy (non-hydrogen) atoms. The summed E-state index contributed by atoms with van der Waals surface area (Å²) in [6, 6.07) is 6.17. The van der Waals surface area contributed by atoms with Gasteiger partial charge in [-0.05, 0) is 25.1 Å². The Hall–Kier alpha value is -1.46. The number of ketones is 1. The maximum absolute atomic E-state index is 11.9. The second-order valence-corrected chi connectivity index (χ2v) is 5.78. The second kappa shape index (κ2) is 4.43. The van der Waals surface area contributed by atoms with Crippen molar-refractivity contribution < 1.29 is 13.2 Å². The molecule has 1 N–H and O–H groups in total. The van der Waals surface area contributed by atoms with Crippen molar-refractivity contribution >= 4 is 15.8 Å². The van der Waals surface area contributed by atoms with Gasteiger partial charge in [0, 0.05) is 12.5 Å². The first kappa shape index (κ1) is 12.0. The maximum atomic E-state index is 11.9. The van der Waals surface area contributed by atoms with E-state index in [1.807, 2.05) is 6.92 Å². The Morgan fingerprint density at radius 3 is 2.41 bits per heavy atom. The third kappa shape index (κ3) is 2.81. The van der Waals surface area contributed by atoms with Gasteiger partial charge < -0.3 is 0 Å². The average Bonchev–Trinajstić information content (AvgIpc) is 2.63. The molecule has 0 fully saturated rings. The van der Waals surface area contributed by atoms with Crippen LogP contribution in [-0.2, 0) is 14.8 Å². The number of benzene rings is 1. The number of aryl methyl sites for hydroxylation is 1. The zero-order valence-corrected chi connectivity index (χ0v) is 10.2. The Bertz CT molecular complexity index is 558. The van der Waals surface area contributed by atoms with E-state index >= 15 is 0 Å². The van der Waals surface area contributed by atoms with Crippen molar-refractivity contribution in [2.45, 2.75) is 24.3 Å². The second-order valence-electron chi connectivity index (χ2n) is 4.07. The summed E-state index contributed by atoms with van der Waals surface area (Å²) < 4.78 is 26.4. The minimum Gasteiger partial charge on any atom is -0.295 e. The van der Waals surface area contributed by atoms with Gasteiger partial charge >= 0.3 is 0 Å². The van der Waals surface area contributed by atoms with E-state index in [0.29, 0.717) is 0 Å². The monoisotopic (exact) mass is 251 g/mol. The first-order valence-corrected chi connectivity index (χ1v) is 6.76. The molecule has 0 bridgehead atoms. The molecule has 5 heteroatoms. The summed E-state index contributed by atoms with van der Waals surface area (Å²) in [4.78, 5) is 11.2. The standard InChI is InChI=1S/C12H13NO3S/c1-9-2-6-12(7-3-9)17(15,16)13-10-4-5-11(14)8-10/h2-7,10,13H,8H2,1H3. The Kier molecular flexibility index (Phi) is 3.13. The molecule has 0 heterocycles. The van der Waals surface area contributed by atoms with Gasteiger partial charge in [-0.1, -0.05) is 23.8 Å². The van der Waals surface area contributed by atoms with Crippen LogP contribution in [0.5, 0.6) is 0 Å². The number of hydrogen-bond acceptors (Lipinski definition) is 3. The lowest BCUT2D eigenvalue weighted by Gasteiger charge is -2.10. The zero-order chi connectivity index (χ0) is 12.5. The van der Waals surface area contributed by atoms with E-state index in [1.165, 1.54) is 6.08 Å². The number of rotatable bonds is 3. The Balaban J connectivity index is 2.17. The van der Waals surface area contributed by atoms with Crippen LogP contribution in [0.15, 0.2) is 41.3 Å². The van der Waals surface area contributed by atoms with Crippen molar-refractivity contribution in [3.05, 3.63) is 42.0 Å². The molecule has 1 unspecified atom stereocenters. The normalized spacial score (nSPS) is 19.8. The van der Waals surface area contributed by atoms with Gasteiger partial charge in [0.2, 0.25) is 10.0 Å². The van der Waals surface area contributed by atoms with E-state index in [2.05, 4.69) is 4.72 Å². The fourth-order valence-electron chi connectivity index (χ4n) is 1.64. The predicted octanol–water partition coefficient (Wildman–Crippen LogP) is 1.17. The largest absolute Gasteiger partial charge is 0.295 e. The minimum absolute atomic E-state index is 0.0541. The van der Waals surface area contributed by atoms with Crippen LogP contribution in [0.1, 0.15) is 12.0 Å². The van der Waals surface area contributed by atoms with Gasteiger partial charge in [0.15, 0.2) is 5.78 Å². The van der Waals surface area contributed by atoms with E-state index in [1.54, 1.807) is 30.3 Å². The lowest BCUT2D eigenvalue weighted by molar-refractivity contribution is -0.114. The van der Waals surface area contributed by atoms with E-state index < -0.39 is 16.1 Å². The fourth-order valence-corrected chi connectivity index (χ4v) is 2.83. The Labute approximate surface area is 100 Å². The summed E-state index contributed by atoms with van der Waals surface area (Å²) in [5.41, 5.74) is 1.000. The molecule has 0 amide bonds. The molecule has 0 saturated heterocycles. The molecule has 0 aromatic heterocycles. The summed E-state index contributed by atoms with van der Waals surface area (Å²) in [6.07, 6.45) is 3.18. The molecule has 4 nitrogen and oxygen atoms in total. The van der Waals surface area contributed by atoms with E-state index in [-0.39, 0.29) is 17.1 Å². The van der Waals surface area contributed by atoms with Gasteiger partial charge in [-0.2, -0.15) is 0 Å². The van der Waals surface area contributed by atoms with Crippen molar-refractivity contribution in [2.75, 3.05) is 0 Å². The topological polar surface area (TPSA) is 63.2 Å². The number of carbonyl (C=O) groups is 1. The van der Waals surface area contributed by atoms with Crippen molar-refractivity contribution in [1.82, 2.24) is 4.72 Å². The quantitative estimate of drug-likeness (QED) is 0.877. The van der Waals surface area contributed by atoms with Crippen LogP contribution in [0.3, 0.4) is 0 Å². The molecular weight excluding hydrogens is 238 g/mol. The number of hydrogen-bond donors (Lipinski definition) is 1. The molecule has 2 rings (SSSR count). The predicted molar refractivity (Wildman–Crippen MR) is 64.1 cm³/mol. The van der Waals surface area contributed by atoms with Crippen LogP contribution in [0.4, 0.5) is 0 Å². The lowest BCUT2D eigenvalue weighted by atomic mass is 10.2. The van der Waals surface area contributed by atoms with E-state index in [4.69, 9.17) is 0 Å². The molecular formula is C12H13NO3S. The van der Waals surface area contributed by atoms with Gasteiger partial charge in [0.25, 0.3) is 0 Å². The highest BCUT2D eigenvalue weighted by Gasteiger charge is 2.22. The number of nitrogens with one attached hydrogen (secondary N) is 1. The van der Waals surface area contributed by atoms with Crippen LogP contribution < -0.4 is 4.72 Å². The van der Waals surface area contributed by atoms with Gasteiger partial charge in [-0.25, -0.2) is 13.1 Å². The molecule has 1 aliphatic carbocycles. The maximum Gasteiger partial charge on any atom is 0.241 e. The van der Waals surface area contributed by atoms with Gasteiger partial charge in [0.05, 0.1) is 4.90 Å². The smallest absolute Gasteiger partial charge is 0.241 e. The molecule has 0 spiro atoms. The summed E-state index contributed by atoms with van der Waals surface area (Å²) >= 11 is 0. The van der Waals surface area contributed by atoms with Crippen LogP contribution in [0, 0.1) is 6.92 Å². The van der Waals surface area contributed by atoms with Crippen LogP contribution in [0.2, 0.25) is 0 Å². The molecule has 0 radical (unpaired) electrons. The summed E-state index contributed by atoms with van der Waals surface area (Å²) in [7, 11) is -3.54. The van der Waals surface area contributed by atoms with Crippen LogP contribution in [-0.4, -0.2) is 20.2 Å². The highest BCUT2D eigenvalue weighted by molar-refractivity contribution is 7.89. The number of allylic oxidation sites excluding steroid dienone is 1. The molecule has 0 saturated carbocycles. The Morgan fingerprint density at radius 2 is 1.88 bits per heavy atom. The third-order valence-electron chi connectivity index (χ3n) is 2.57.